The fourth-order valence-corrected chi connectivity index (χ4v) is 3.26. The number of hydrogen-bond donors (Lipinski definition) is 0. The topological polar surface area (TPSA) is 35.5 Å². The summed E-state index contributed by atoms with van der Waals surface area (Å²) < 4.78 is 12.4. The minimum Gasteiger partial charge on any atom is -0.482 e. The predicted molar refractivity (Wildman–Crippen MR) is 88.9 cm³/mol. The number of ether oxygens (including phenoxy) is 2. The zero-order valence-electron chi connectivity index (χ0n) is 11.7. The van der Waals surface area contributed by atoms with E-state index in [0.29, 0.717) is 11.5 Å². The van der Waals surface area contributed by atoms with Crippen LogP contribution in [0.5, 0.6) is 11.5 Å². The average Bonchev–Trinajstić information content (AvgIpc) is 2.42. The molecule has 0 N–H and O–H groups in total. The Morgan fingerprint density at radius 2 is 1.76 bits per heavy atom. The molecule has 0 saturated heterocycles. The van der Waals surface area contributed by atoms with Crippen molar-refractivity contribution in [3.05, 3.63) is 56.5 Å². The number of hydrogen-bond acceptors (Lipinski definition) is 3. The van der Waals surface area contributed by atoms with Crippen LogP contribution in [0.25, 0.3) is 0 Å². The molecule has 0 aromatic heterocycles. The zero-order chi connectivity index (χ0) is 15.4. The van der Waals surface area contributed by atoms with Crippen LogP contribution in [0.2, 0.25) is 0 Å². The summed E-state index contributed by atoms with van der Waals surface area (Å²) in [4.78, 5) is 11.9. The van der Waals surface area contributed by atoms with E-state index in [1.807, 2.05) is 50.2 Å². The Labute approximate surface area is 140 Å². The van der Waals surface area contributed by atoms with Crippen molar-refractivity contribution in [2.24, 2.45) is 0 Å². The van der Waals surface area contributed by atoms with Gasteiger partial charge >= 0.3 is 5.97 Å². The van der Waals surface area contributed by atoms with Crippen LogP contribution in [0.15, 0.2) is 45.3 Å². The molecule has 110 valence electrons. The van der Waals surface area contributed by atoms with Crippen LogP contribution in [0.3, 0.4) is 0 Å². The third-order valence-electron chi connectivity index (χ3n) is 2.79. The number of aryl methyl sites for hydroxylation is 2. The van der Waals surface area contributed by atoms with Gasteiger partial charge < -0.3 is 9.47 Å². The maximum Gasteiger partial charge on any atom is 0.349 e. The van der Waals surface area contributed by atoms with Gasteiger partial charge in [-0.1, -0.05) is 33.6 Å². The smallest absolute Gasteiger partial charge is 0.349 e. The molecule has 3 nitrogen and oxygen atoms in total. The van der Waals surface area contributed by atoms with E-state index in [0.717, 1.165) is 20.1 Å². The van der Waals surface area contributed by atoms with Crippen molar-refractivity contribution in [1.82, 2.24) is 0 Å². The van der Waals surface area contributed by atoms with Crippen LogP contribution in [-0.2, 0) is 4.79 Å². The van der Waals surface area contributed by atoms with E-state index in [2.05, 4.69) is 31.9 Å². The van der Waals surface area contributed by atoms with Gasteiger partial charge in [0.05, 0.1) is 4.47 Å². The molecule has 21 heavy (non-hydrogen) atoms. The molecular weight excluding hydrogens is 400 g/mol. The summed E-state index contributed by atoms with van der Waals surface area (Å²) >= 11 is 6.77. The van der Waals surface area contributed by atoms with Gasteiger partial charge in [0.1, 0.15) is 11.5 Å². The van der Waals surface area contributed by atoms with Crippen molar-refractivity contribution in [3.63, 3.8) is 0 Å². The molecule has 0 radical (unpaired) electrons. The molecule has 5 heteroatoms. The lowest BCUT2D eigenvalue weighted by atomic mass is 10.2. The minimum atomic E-state index is -0.443. The number of carbonyl (C=O) groups excluding carboxylic acids is 1. The van der Waals surface area contributed by atoms with Crippen molar-refractivity contribution in [2.75, 3.05) is 6.61 Å². The van der Waals surface area contributed by atoms with Crippen LogP contribution >= 0.6 is 31.9 Å². The molecule has 2 aromatic carbocycles. The summed E-state index contributed by atoms with van der Waals surface area (Å²) in [5, 5.41) is 0. The van der Waals surface area contributed by atoms with E-state index in [1.165, 1.54) is 0 Å². The third-order valence-corrected chi connectivity index (χ3v) is 3.83. The average molecular weight is 414 g/mol. The molecule has 0 aliphatic heterocycles. The second-order valence-electron chi connectivity index (χ2n) is 4.61. The van der Waals surface area contributed by atoms with Gasteiger partial charge in [-0.2, -0.15) is 0 Å². The lowest BCUT2D eigenvalue weighted by Gasteiger charge is -2.11. The first-order chi connectivity index (χ1) is 9.95. The molecule has 0 saturated carbocycles. The van der Waals surface area contributed by atoms with E-state index in [1.54, 1.807) is 0 Å². The standard InChI is InChI=1S/C16H14Br2O3/c1-10-3-5-13(6-4-10)20-9-15(19)21-16-11(2)7-12(17)8-14(16)18/h3-8H,9H2,1-2H3. The minimum absolute atomic E-state index is 0.134. The van der Waals surface area contributed by atoms with E-state index < -0.39 is 5.97 Å². The number of rotatable bonds is 4. The van der Waals surface area contributed by atoms with Crippen molar-refractivity contribution < 1.29 is 14.3 Å². The summed E-state index contributed by atoms with van der Waals surface area (Å²) in [7, 11) is 0. The molecule has 2 rings (SSSR count). The van der Waals surface area contributed by atoms with Crippen LogP contribution in [-0.4, -0.2) is 12.6 Å². The van der Waals surface area contributed by atoms with Gasteiger partial charge in [0.2, 0.25) is 0 Å². The van der Waals surface area contributed by atoms with E-state index in [-0.39, 0.29) is 6.61 Å². The number of esters is 1. The second-order valence-corrected chi connectivity index (χ2v) is 6.38. The first kappa shape index (κ1) is 16.0. The van der Waals surface area contributed by atoms with Crippen LogP contribution in [0, 0.1) is 13.8 Å². The summed E-state index contributed by atoms with van der Waals surface area (Å²) in [6.45, 7) is 3.73. The Hall–Kier alpha value is -1.33. The molecule has 0 bridgehead atoms. The molecule has 0 unspecified atom stereocenters. The van der Waals surface area contributed by atoms with Crippen molar-refractivity contribution in [1.29, 1.82) is 0 Å². The van der Waals surface area contributed by atoms with Gasteiger partial charge in [0.15, 0.2) is 6.61 Å². The molecule has 0 aliphatic carbocycles. The van der Waals surface area contributed by atoms with Crippen molar-refractivity contribution in [3.8, 4) is 11.5 Å². The Bertz CT molecular complexity index is 628. The highest BCUT2D eigenvalue weighted by Gasteiger charge is 2.12. The maximum absolute atomic E-state index is 11.9. The summed E-state index contributed by atoms with van der Waals surface area (Å²) in [5.74, 6) is 0.710. The first-order valence-electron chi connectivity index (χ1n) is 6.31. The fourth-order valence-electron chi connectivity index (χ4n) is 1.74. The lowest BCUT2D eigenvalue weighted by Crippen LogP contribution is -2.18. The number of carbonyl (C=O) groups is 1. The van der Waals surface area contributed by atoms with Gasteiger partial charge in [0, 0.05) is 4.47 Å². The van der Waals surface area contributed by atoms with E-state index >= 15 is 0 Å². The zero-order valence-corrected chi connectivity index (χ0v) is 14.8. The highest BCUT2D eigenvalue weighted by molar-refractivity contribution is 9.11. The summed E-state index contributed by atoms with van der Waals surface area (Å²) in [6.07, 6.45) is 0. The molecule has 0 aliphatic rings. The van der Waals surface area contributed by atoms with E-state index in [9.17, 15) is 4.79 Å². The largest absolute Gasteiger partial charge is 0.482 e. The van der Waals surface area contributed by atoms with Gasteiger partial charge in [0.25, 0.3) is 0 Å². The monoisotopic (exact) mass is 412 g/mol. The molecule has 0 heterocycles. The van der Waals surface area contributed by atoms with Gasteiger partial charge in [-0.25, -0.2) is 4.79 Å². The van der Waals surface area contributed by atoms with Gasteiger partial charge in [-0.3, -0.25) is 0 Å². The molecular formula is C16H14Br2O3. The summed E-state index contributed by atoms with van der Waals surface area (Å²) in [6, 6.07) is 11.2. The van der Waals surface area contributed by atoms with Crippen LogP contribution in [0.4, 0.5) is 0 Å². The maximum atomic E-state index is 11.9. The molecule has 0 spiro atoms. The Balaban J connectivity index is 1.97. The van der Waals surface area contributed by atoms with Crippen LogP contribution in [0.1, 0.15) is 11.1 Å². The van der Waals surface area contributed by atoms with E-state index in [4.69, 9.17) is 9.47 Å². The molecule has 0 atom stereocenters. The lowest BCUT2D eigenvalue weighted by molar-refractivity contribution is -0.136. The molecule has 0 amide bonds. The Morgan fingerprint density at radius 3 is 2.38 bits per heavy atom. The third kappa shape index (κ3) is 4.58. The molecule has 2 aromatic rings. The van der Waals surface area contributed by atoms with Crippen molar-refractivity contribution >= 4 is 37.8 Å². The molecule has 0 fully saturated rings. The number of benzene rings is 2. The quantitative estimate of drug-likeness (QED) is 0.532. The highest BCUT2D eigenvalue weighted by atomic mass is 79.9. The van der Waals surface area contributed by atoms with Crippen molar-refractivity contribution in [2.45, 2.75) is 13.8 Å². The first-order valence-corrected chi connectivity index (χ1v) is 7.90. The predicted octanol–water partition coefficient (Wildman–Crippen LogP) is 4.81. The normalized spacial score (nSPS) is 10.3. The van der Waals surface area contributed by atoms with Gasteiger partial charge in [-0.05, 0) is 59.6 Å². The van der Waals surface area contributed by atoms with Crippen LogP contribution < -0.4 is 9.47 Å². The number of halogens is 2. The Kier molecular flexibility index (Phi) is 5.42. The Morgan fingerprint density at radius 1 is 1.10 bits per heavy atom. The second kappa shape index (κ2) is 7.09. The summed E-state index contributed by atoms with van der Waals surface area (Å²) in [5.41, 5.74) is 2.00. The SMILES string of the molecule is Cc1ccc(OCC(=O)Oc2c(C)cc(Br)cc2Br)cc1. The highest BCUT2D eigenvalue weighted by Crippen LogP contribution is 2.32. The van der Waals surface area contributed by atoms with Gasteiger partial charge in [-0.15, -0.1) is 0 Å². The fraction of sp³-hybridized carbons (Fsp3) is 0.188.